The van der Waals surface area contributed by atoms with Crippen LogP contribution in [0.25, 0.3) is 0 Å². The lowest BCUT2D eigenvalue weighted by Gasteiger charge is -2.29. The van der Waals surface area contributed by atoms with Crippen molar-refractivity contribution in [3.8, 4) is 5.75 Å². The van der Waals surface area contributed by atoms with E-state index in [0.717, 1.165) is 0 Å². The molecule has 0 fully saturated rings. The highest BCUT2D eigenvalue weighted by molar-refractivity contribution is 5.81. The van der Waals surface area contributed by atoms with Crippen LogP contribution in [0, 0.1) is 0 Å². The topological polar surface area (TPSA) is 66.8 Å². The molecule has 1 aromatic rings. The molecule has 0 radical (unpaired) electrons. The number of nitrogens with zero attached hydrogens (tertiary/aromatic N) is 1. The Morgan fingerprint density at radius 3 is 2.33 bits per heavy atom. The van der Waals surface area contributed by atoms with Gasteiger partial charge in [-0.05, 0) is 39.3 Å². The molecule has 0 aromatic heterocycles. The van der Waals surface area contributed by atoms with Gasteiger partial charge in [0.1, 0.15) is 5.75 Å². The maximum atomic E-state index is 12.4. The quantitative estimate of drug-likeness (QED) is 0.800. The van der Waals surface area contributed by atoms with Crippen LogP contribution in [-0.2, 0) is 9.59 Å². The fourth-order valence-corrected chi connectivity index (χ4v) is 2.01. The fraction of sp³-hybridized carbons (Fsp3) is 0.500. The molecule has 116 valence electrons. The smallest absolute Gasteiger partial charge is 0.303 e. The van der Waals surface area contributed by atoms with Crippen molar-refractivity contribution in [3.05, 3.63) is 30.3 Å². The predicted octanol–water partition coefficient (Wildman–Crippen LogP) is 2.56. The Kier molecular flexibility index (Phi) is 6.72. The molecular weight excluding hydrogens is 270 g/mol. The lowest BCUT2D eigenvalue weighted by molar-refractivity contribution is -0.141. The molecule has 0 heterocycles. The summed E-state index contributed by atoms with van der Waals surface area (Å²) in [7, 11) is 0. The summed E-state index contributed by atoms with van der Waals surface area (Å²) >= 11 is 0. The van der Waals surface area contributed by atoms with E-state index in [1.54, 1.807) is 24.0 Å². The summed E-state index contributed by atoms with van der Waals surface area (Å²) in [5.41, 5.74) is 0. The monoisotopic (exact) mass is 293 g/mol. The van der Waals surface area contributed by atoms with Crippen LogP contribution in [0.5, 0.6) is 5.75 Å². The van der Waals surface area contributed by atoms with Gasteiger partial charge in [0.05, 0.1) is 0 Å². The number of hydrogen-bond acceptors (Lipinski definition) is 3. The number of benzene rings is 1. The van der Waals surface area contributed by atoms with E-state index in [1.807, 2.05) is 32.0 Å². The molecule has 1 amide bonds. The number of carbonyl (C=O) groups is 2. The first-order chi connectivity index (χ1) is 9.91. The molecule has 1 N–H and O–H groups in total. The molecule has 21 heavy (non-hydrogen) atoms. The van der Waals surface area contributed by atoms with Gasteiger partial charge in [0.2, 0.25) is 0 Å². The summed E-state index contributed by atoms with van der Waals surface area (Å²) in [5.74, 6) is -0.327. The van der Waals surface area contributed by atoms with E-state index < -0.39 is 12.1 Å². The van der Waals surface area contributed by atoms with E-state index in [1.165, 1.54) is 0 Å². The Balaban J connectivity index is 2.60. The van der Waals surface area contributed by atoms with Gasteiger partial charge in [-0.15, -0.1) is 0 Å². The highest BCUT2D eigenvalue weighted by Crippen LogP contribution is 2.13. The summed E-state index contributed by atoms with van der Waals surface area (Å²) in [6.45, 7) is 5.95. The SMILES string of the molecule is CC(Oc1ccccc1)C(=O)N(CCCC(=O)O)C(C)C. The summed E-state index contributed by atoms with van der Waals surface area (Å²) in [4.78, 5) is 24.6. The van der Waals surface area contributed by atoms with Gasteiger partial charge in [-0.2, -0.15) is 0 Å². The number of para-hydroxylation sites is 1. The summed E-state index contributed by atoms with van der Waals surface area (Å²) in [6, 6.07) is 9.18. The normalized spacial score (nSPS) is 12.0. The lowest BCUT2D eigenvalue weighted by atomic mass is 10.2. The van der Waals surface area contributed by atoms with Gasteiger partial charge in [-0.1, -0.05) is 18.2 Å². The number of aliphatic carboxylic acids is 1. The van der Waals surface area contributed by atoms with E-state index in [0.29, 0.717) is 18.7 Å². The Bertz CT molecular complexity index is 459. The largest absolute Gasteiger partial charge is 0.481 e. The second-order valence-corrected chi connectivity index (χ2v) is 5.20. The third-order valence-corrected chi connectivity index (χ3v) is 3.10. The summed E-state index contributed by atoms with van der Waals surface area (Å²) < 4.78 is 5.63. The van der Waals surface area contributed by atoms with Gasteiger partial charge in [0.15, 0.2) is 6.10 Å². The third kappa shape index (κ3) is 5.85. The van der Waals surface area contributed by atoms with Crippen molar-refractivity contribution < 1.29 is 19.4 Å². The van der Waals surface area contributed by atoms with Gasteiger partial charge in [-0.25, -0.2) is 0 Å². The molecular formula is C16H23NO4. The Morgan fingerprint density at radius 2 is 1.81 bits per heavy atom. The Labute approximate surface area is 125 Å². The molecule has 1 rings (SSSR count). The van der Waals surface area contributed by atoms with Gasteiger partial charge < -0.3 is 14.7 Å². The molecule has 1 unspecified atom stereocenters. The predicted molar refractivity (Wildman–Crippen MR) is 80.3 cm³/mol. The van der Waals surface area contributed by atoms with Crippen LogP contribution in [0.1, 0.15) is 33.6 Å². The second-order valence-electron chi connectivity index (χ2n) is 5.20. The van der Waals surface area contributed by atoms with Crippen LogP contribution in [0.2, 0.25) is 0 Å². The van der Waals surface area contributed by atoms with Crippen LogP contribution < -0.4 is 4.74 Å². The van der Waals surface area contributed by atoms with Crippen LogP contribution in [0.4, 0.5) is 0 Å². The number of amides is 1. The number of ether oxygens (including phenoxy) is 1. The molecule has 0 aliphatic rings. The first-order valence-corrected chi connectivity index (χ1v) is 7.15. The molecule has 0 spiro atoms. The lowest BCUT2D eigenvalue weighted by Crippen LogP contribution is -2.44. The maximum absolute atomic E-state index is 12.4. The minimum absolute atomic E-state index is 0.00752. The molecule has 0 bridgehead atoms. The van der Waals surface area contributed by atoms with E-state index in [-0.39, 0.29) is 18.4 Å². The first kappa shape index (κ1) is 17.0. The molecule has 5 nitrogen and oxygen atoms in total. The zero-order valence-electron chi connectivity index (χ0n) is 12.8. The number of hydrogen-bond donors (Lipinski definition) is 1. The minimum Gasteiger partial charge on any atom is -0.481 e. The molecule has 1 aromatic carbocycles. The van der Waals surface area contributed by atoms with E-state index in [2.05, 4.69) is 0 Å². The van der Waals surface area contributed by atoms with Crippen molar-refractivity contribution in [3.63, 3.8) is 0 Å². The number of carboxylic acids is 1. The van der Waals surface area contributed by atoms with Gasteiger partial charge in [0.25, 0.3) is 5.91 Å². The molecule has 0 saturated carbocycles. The average Bonchev–Trinajstić information content (AvgIpc) is 2.43. The Hall–Kier alpha value is -2.04. The molecule has 0 aliphatic carbocycles. The first-order valence-electron chi connectivity index (χ1n) is 7.15. The summed E-state index contributed by atoms with van der Waals surface area (Å²) in [6.07, 6.45) is -0.0958. The van der Waals surface area contributed by atoms with Gasteiger partial charge in [0, 0.05) is 19.0 Å². The van der Waals surface area contributed by atoms with Gasteiger partial charge >= 0.3 is 5.97 Å². The highest BCUT2D eigenvalue weighted by Gasteiger charge is 2.24. The van der Waals surface area contributed by atoms with Crippen molar-refractivity contribution >= 4 is 11.9 Å². The van der Waals surface area contributed by atoms with Crippen molar-refractivity contribution in [1.29, 1.82) is 0 Å². The van der Waals surface area contributed by atoms with Crippen LogP contribution in [-0.4, -0.2) is 40.6 Å². The number of carbonyl (C=O) groups excluding carboxylic acids is 1. The van der Waals surface area contributed by atoms with E-state index in [9.17, 15) is 9.59 Å². The van der Waals surface area contributed by atoms with Crippen LogP contribution in [0.15, 0.2) is 30.3 Å². The molecule has 1 atom stereocenters. The zero-order chi connectivity index (χ0) is 15.8. The fourth-order valence-electron chi connectivity index (χ4n) is 2.01. The highest BCUT2D eigenvalue weighted by atomic mass is 16.5. The molecule has 0 saturated heterocycles. The van der Waals surface area contributed by atoms with Crippen molar-refractivity contribution in [2.75, 3.05) is 6.54 Å². The van der Waals surface area contributed by atoms with Crippen molar-refractivity contribution in [1.82, 2.24) is 4.90 Å². The standard InChI is InChI=1S/C16H23NO4/c1-12(2)17(11-7-10-15(18)19)16(20)13(3)21-14-8-5-4-6-9-14/h4-6,8-9,12-13H,7,10-11H2,1-3H3,(H,18,19). The van der Waals surface area contributed by atoms with Crippen LogP contribution >= 0.6 is 0 Å². The molecule has 0 aliphatic heterocycles. The van der Waals surface area contributed by atoms with Crippen LogP contribution in [0.3, 0.4) is 0 Å². The number of rotatable bonds is 8. The van der Waals surface area contributed by atoms with Gasteiger partial charge in [-0.3, -0.25) is 9.59 Å². The second kappa shape index (κ2) is 8.29. The minimum atomic E-state index is -0.847. The zero-order valence-corrected chi connectivity index (χ0v) is 12.8. The van der Waals surface area contributed by atoms with E-state index in [4.69, 9.17) is 9.84 Å². The van der Waals surface area contributed by atoms with Crippen molar-refractivity contribution in [2.45, 2.75) is 45.8 Å². The maximum Gasteiger partial charge on any atom is 0.303 e. The number of carboxylic acid groups (broad SMARTS) is 1. The average molecular weight is 293 g/mol. The third-order valence-electron chi connectivity index (χ3n) is 3.10. The molecule has 5 heteroatoms. The summed E-state index contributed by atoms with van der Waals surface area (Å²) in [5, 5.41) is 8.68. The van der Waals surface area contributed by atoms with E-state index >= 15 is 0 Å². The Morgan fingerprint density at radius 1 is 1.19 bits per heavy atom. The van der Waals surface area contributed by atoms with Crippen molar-refractivity contribution in [2.24, 2.45) is 0 Å².